The van der Waals surface area contributed by atoms with Crippen molar-refractivity contribution in [3.05, 3.63) is 24.0 Å². The van der Waals surface area contributed by atoms with Crippen LogP contribution in [0.25, 0.3) is 0 Å². The Bertz CT molecular complexity index is 450. The van der Waals surface area contributed by atoms with Crippen molar-refractivity contribution in [3.8, 4) is 11.5 Å². The molecule has 2 N–H and O–H groups in total. The summed E-state index contributed by atoms with van der Waals surface area (Å²) >= 11 is 0. The standard InChI is InChI=1S/C10H9F4NO4/c11-7-5-6(18-4-3-15-9(16)17)1-2-8(7)19-10(12,13)14/h1-2,5,15H,3-4H2,(H,16,17). The minimum Gasteiger partial charge on any atom is -0.492 e. The van der Waals surface area contributed by atoms with Gasteiger partial charge in [-0.1, -0.05) is 0 Å². The van der Waals surface area contributed by atoms with Crippen LogP contribution in [0.1, 0.15) is 0 Å². The van der Waals surface area contributed by atoms with Crippen molar-refractivity contribution in [2.24, 2.45) is 0 Å². The average Bonchev–Trinajstić information content (AvgIpc) is 2.26. The van der Waals surface area contributed by atoms with Gasteiger partial charge in [0.1, 0.15) is 12.4 Å². The van der Waals surface area contributed by atoms with Gasteiger partial charge in [0.25, 0.3) is 0 Å². The second kappa shape index (κ2) is 6.12. The van der Waals surface area contributed by atoms with Crippen molar-refractivity contribution in [2.75, 3.05) is 13.2 Å². The van der Waals surface area contributed by atoms with E-state index in [0.717, 1.165) is 12.1 Å². The van der Waals surface area contributed by atoms with Gasteiger partial charge in [-0.05, 0) is 12.1 Å². The molecule has 1 aromatic rings. The molecule has 0 radical (unpaired) electrons. The molecule has 0 fully saturated rings. The molecule has 0 bridgehead atoms. The lowest BCUT2D eigenvalue weighted by atomic mass is 10.3. The SMILES string of the molecule is O=C(O)NCCOc1ccc(OC(F)(F)F)c(F)c1. The Morgan fingerprint density at radius 1 is 1.37 bits per heavy atom. The number of alkyl halides is 3. The molecule has 0 unspecified atom stereocenters. The highest BCUT2D eigenvalue weighted by Crippen LogP contribution is 2.28. The summed E-state index contributed by atoms with van der Waals surface area (Å²) < 4.78 is 57.1. The molecule has 0 atom stereocenters. The van der Waals surface area contributed by atoms with Crippen LogP contribution in [-0.2, 0) is 0 Å². The van der Waals surface area contributed by atoms with Gasteiger partial charge in [0.15, 0.2) is 11.6 Å². The van der Waals surface area contributed by atoms with Crippen LogP contribution in [0.3, 0.4) is 0 Å². The van der Waals surface area contributed by atoms with Crippen LogP contribution in [0.4, 0.5) is 22.4 Å². The molecule has 9 heteroatoms. The predicted octanol–water partition coefficient (Wildman–Crippen LogP) is 2.37. The van der Waals surface area contributed by atoms with Gasteiger partial charge in [0.05, 0.1) is 6.54 Å². The normalized spacial score (nSPS) is 10.9. The van der Waals surface area contributed by atoms with Gasteiger partial charge in [-0.15, -0.1) is 13.2 Å². The first-order valence-electron chi connectivity index (χ1n) is 4.93. The number of hydrogen-bond acceptors (Lipinski definition) is 3. The van der Waals surface area contributed by atoms with Gasteiger partial charge in [-0.25, -0.2) is 9.18 Å². The fourth-order valence-electron chi connectivity index (χ4n) is 1.11. The van der Waals surface area contributed by atoms with Crippen LogP contribution in [0.5, 0.6) is 11.5 Å². The third-order valence-corrected chi connectivity index (χ3v) is 1.78. The van der Waals surface area contributed by atoms with E-state index in [0.29, 0.717) is 6.07 Å². The Hall–Kier alpha value is -2.19. The molecule has 5 nitrogen and oxygen atoms in total. The molecule has 0 aromatic heterocycles. The molecule has 19 heavy (non-hydrogen) atoms. The van der Waals surface area contributed by atoms with E-state index in [1.807, 2.05) is 5.32 Å². The summed E-state index contributed by atoms with van der Waals surface area (Å²) in [5.74, 6) is -2.25. The lowest BCUT2D eigenvalue weighted by Crippen LogP contribution is -2.26. The number of hydrogen-bond donors (Lipinski definition) is 2. The molecule has 0 aliphatic heterocycles. The van der Waals surface area contributed by atoms with E-state index in [1.165, 1.54) is 0 Å². The van der Waals surface area contributed by atoms with Crippen molar-refractivity contribution in [1.29, 1.82) is 0 Å². The van der Waals surface area contributed by atoms with Crippen molar-refractivity contribution in [2.45, 2.75) is 6.36 Å². The zero-order valence-corrected chi connectivity index (χ0v) is 9.33. The van der Waals surface area contributed by atoms with Gasteiger partial charge in [0.2, 0.25) is 0 Å². The molecule has 1 rings (SSSR count). The highest BCUT2D eigenvalue weighted by Gasteiger charge is 2.32. The van der Waals surface area contributed by atoms with E-state index in [1.54, 1.807) is 0 Å². The van der Waals surface area contributed by atoms with Crippen molar-refractivity contribution >= 4 is 6.09 Å². The first kappa shape index (κ1) is 14.9. The lowest BCUT2D eigenvalue weighted by molar-refractivity contribution is -0.275. The Kier molecular flexibility index (Phi) is 4.79. The van der Waals surface area contributed by atoms with Crippen molar-refractivity contribution in [3.63, 3.8) is 0 Å². The molecule has 0 heterocycles. The molecule has 0 saturated carbocycles. The number of amides is 1. The summed E-state index contributed by atoms with van der Waals surface area (Å²) in [6.45, 7) is -0.136. The van der Waals surface area contributed by atoms with E-state index in [4.69, 9.17) is 9.84 Å². The smallest absolute Gasteiger partial charge is 0.492 e. The van der Waals surface area contributed by atoms with E-state index >= 15 is 0 Å². The van der Waals surface area contributed by atoms with Crippen molar-refractivity contribution < 1.29 is 36.9 Å². The second-order valence-electron chi connectivity index (χ2n) is 3.22. The summed E-state index contributed by atoms with van der Waals surface area (Å²) in [5.41, 5.74) is 0. The summed E-state index contributed by atoms with van der Waals surface area (Å²) in [7, 11) is 0. The first-order valence-corrected chi connectivity index (χ1v) is 4.93. The summed E-state index contributed by atoms with van der Waals surface area (Å²) in [6.07, 6.45) is -6.22. The number of rotatable bonds is 5. The quantitative estimate of drug-likeness (QED) is 0.643. The number of benzene rings is 1. The topological polar surface area (TPSA) is 67.8 Å². The highest BCUT2D eigenvalue weighted by molar-refractivity contribution is 5.64. The Balaban J connectivity index is 2.54. The monoisotopic (exact) mass is 283 g/mol. The molecular weight excluding hydrogens is 274 g/mol. The van der Waals surface area contributed by atoms with Crippen LogP contribution >= 0.6 is 0 Å². The molecule has 0 aliphatic carbocycles. The number of carbonyl (C=O) groups is 1. The molecular formula is C10H9F4NO4. The summed E-state index contributed by atoms with van der Waals surface area (Å²) in [4.78, 5) is 10.1. The minimum atomic E-state index is -4.98. The molecule has 1 amide bonds. The first-order chi connectivity index (χ1) is 8.78. The zero-order chi connectivity index (χ0) is 14.5. The van der Waals surface area contributed by atoms with E-state index in [-0.39, 0.29) is 18.9 Å². The molecule has 0 spiro atoms. The number of halogens is 4. The van der Waals surface area contributed by atoms with Gasteiger partial charge in [0, 0.05) is 6.07 Å². The number of nitrogens with one attached hydrogen (secondary N) is 1. The number of carboxylic acid groups (broad SMARTS) is 1. The van der Waals surface area contributed by atoms with E-state index < -0.39 is 24.0 Å². The average molecular weight is 283 g/mol. The summed E-state index contributed by atoms with van der Waals surface area (Å²) in [5, 5.41) is 10.2. The molecule has 0 saturated heterocycles. The molecule has 106 valence electrons. The van der Waals surface area contributed by atoms with Crippen LogP contribution in [0, 0.1) is 5.82 Å². The fraction of sp³-hybridized carbons (Fsp3) is 0.300. The van der Waals surface area contributed by atoms with E-state index in [2.05, 4.69) is 4.74 Å². The summed E-state index contributed by atoms with van der Waals surface area (Å²) in [6, 6.07) is 2.55. The van der Waals surface area contributed by atoms with Crippen LogP contribution in [0.2, 0.25) is 0 Å². The fourth-order valence-corrected chi connectivity index (χ4v) is 1.11. The van der Waals surface area contributed by atoms with Crippen LogP contribution in [-0.4, -0.2) is 30.7 Å². The van der Waals surface area contributed by atoms with Gasteiger partial charge in [-0.2, -0.15) is 0 Å². The minimum absolute atomic E-state index is 0.0424. The third kappa shape index (κ3) is 5.80. The highest BCUT2D eigenvalue weighted by atomic mass is 19.4. The van der Waals surface area contributed by atoms with Crippen LogP contribution in [0.15, 0.2) is 18.2 Å². The van der Waals surface area contributed by atoms with Crippen molar-refractivity contribution in [1.82, 2.24) is 5.32 Å². The Labute approximate surface area is 104 Å². The maximum Gasteiger partial charge on any atom is 0.573 e. The maximum absolute atomic E-state index is 13.2. The van der Waals surface area contributed by atoms with E-state index in [9.17, 15) is 22.4 Å². The van der Waals surface area contributed by atoms with Gasteiger partial charge < -0.3 is 19.9 Å². The zero-order valence-electron chi connectivity index (χ0n) is 9.33. The van der Waals surface area contributed by atoms with Gasteiger partial charge >= 0.3 is 12.5 Å². The van der Waals surface area contributed by atoms with Gasteiger partial charge in [-0.3, -0.25) is 0 Å². The Morgan fingerprint density at radius 3 is 2.58 bits per heavy atom. The Morgan fingerprint density at radius 2 is 2.05 bits per heavy atom. The number of ether oxygens (including phenoxy) is 2. The molecule has 1 aromatic carbocycles. The predicted molar refractivity (Wildman–Crippen MR) is 54.6 cm³/mol. The third-order valence-electron chi connectivity index (χ3n) is 1.78. The largest absolute Gasteiger partial charge is 0.573 e. The molecule has 0 aliphatic rings. The maximum atomic E-state index is 13.2. The van der Waals surface area contributed by atoms with Crippen LogP contribution < -0.4 is 14.8 Å². The second-order valence-corrected chi connectivity index (χ2v) is 3.22. The lowest BCUT2D eigenvalue weighted by Gasteiger charge is -2.11.